The van der Waals surface area contributed by atoms with Crippen molar-refractivity contribution in [2.45, 2.75) is 25.8 Å². The number of carbonyl (C=O) groups is 1. The zero-order chi connectivity index (χ0) is 25.4. The fourth-order valence-corrected chi connectivity index (χ4v) is 5.14. The molecule has 0 N–H and O–H groups in total. The number of nitrogens with zero attached hydrogens (tertiary/aromatic N) is 5. The summed E-state index contributed by atoms with van der Waals surface area (Å²) >= 11 is 0. The van der Waals surface area contributed by atoms with E-state index in [4.69, 9.17) is 4.74 Å². The van der Waals surface area contributed by atoms with Crippen LogP contribution in [-0.2, 0) is 7.05 Å². The number of fused-ring (bicyclic) bond motifs is 1. The van der Waals surface area contributed by atoms with Gasteiger partial charge in [0.2, 0.25) is 5.95 Å². The molecule has 0 unspecified atom stereocenters. The summed E-state index contributed by atoms with van der Waals surface area (Å²) in [7, 11) is 3.57. The summed E-state index contributed by atoms with van der Waals surface area (Å²) in [6.45, 7) is 4.10. The van der Waals surface area contributed by atoms with E-state index in [9.17, 15) is 14.0 Å². The van der Waals surface area contributed by atoms with Gasteiger partial charge in [0.1, 0.15) is 5.75 Å². The standard InChI is InChI=1S/C27H30FN5O3/c1-4-5-12-36-18-8-6-17(7-9-18)26(35)33-15-20-21(16-33)25(20)32(3)27-30-23(13-24(34)31(27)2)19-10-11-29-14-22(19)28/h6-11,13-14,20-21,25H,4-5,12,15-16H2,1-3H3/t20-,21+,25-. The third-order valence-corrected chi connectivity index (χ3v) is 7.23. The van der Waals surface area contributed by atoms with Crippen LogP contribution in [0, 0.1) is 17.7 Å². The minimum absolute atomic E-state index is 0.0180. The lowest BCUT2D eigenvalue weighted by atomic mass is 10.2. The van der Waals surface area contributed by atoms with Crippen LogP contribution in [0.25, 0.3) is 11.3 Å². The Labute approximate surface area is 209 Å². The zero-order valence-electron chi connectivity index (χ0n) is 20.7. The van der Waals surface area contributed by atoms with E-state index in [2.05, 4.69) is 16.9 Å². The number of anilines is 1. The van der Waals surface area contributed by atoms with Gasteiger partial charge < -0.3 is 14.5 Å². The Hall–Kier alpha value is -3.75. The van der Waals surface area contributed by atoms with E-state index in [-0.39, 0.29) is 28.8 Å². The first-order valence-electron chi connectivity index (χ1n) is 12.3. The Morgan fingerprint density at radius 1 is 1.19 bits per heavy atom. The van der Waals surface area contributed by atoms with E-state index in [0.717, 1.165) is 24.8 Å². The Balaban J connectivity index is 1.25. The van der Waals surface area contributed by atoms with Gasteiger partial charge in [-0.15, -0.1) is 0 Å². The highest BCUT2D eigenvalue weighted by molar-refractivity contribution is 5.94. The van der Waals surface area contributed by atoms with Gasteiger partial charge in [0.25, 0.3) is 11.5 Å². The van der Waals surface area contributed by atoms with E-state index >= 15 is 0 Å². The number of benzene rings is 1. The number of unbranched alkanes of at least 4 members (excludes halogenated alkanes) is 1. The van der Waals surface area contributed by atoms with E-state index in [1.807, 2.05) is 41.1 Å². The molecule has 3 atom stereocenters. The van der Waals surface area contributed by atoms with Crippen molar-refractivity contribution in [2.75, 3.05) is 31.6 Å². The van der Waals surface area contributed by atoms with Crippen molar-refractivity contribution in [1.29, 1.82) is 0 Å². The van der Waals surface area contributed by atoms with Crippen molar-refractivity contribution >= 4 is 11.9 Å². The van der Waals surface area contributed by atoms with Crippen LogP contribution in [0.5, 0.6) is 5.75 Å². The highest BCUT2D eigenvalue weighted by Crippen LogP contribution is 2.49. The van der Waals surface area contributed by atoms with Gasteiger partial charge in [-0.25, -0.2) is 9.37 Å². The Kier molecular flexibility index (Phi) is 6.47. The molecule has 3 heterocycles. The Morgan fingerprint density at radius 2 is 1.92 bits per heavy atom. The molecule has 188 valence electrons. The molecule has 0 bridgehead atoms. The van der Waals surface area contributed by atoms with Gasteiger partial charge in [-0.1, -0.05) is 13.3 Å². The molecule has 5 rings (SSSR count). The number of amides is 1. The molecule has 0 spiro atoms. The number of pyridine rings is 1. The molecule has 36 heavy (non-hydrogen) atoms. The second-order valence-corrected chi connectivity index (χ2v) is 9.56. The smallest absolute Gasteiger partial charge is 0.255 e. The van der Waals surface area contributed by atoms with Gasteiger partial charge in [-0.05, 0) is 36.8 Å². The number of hydrogen-bond acceptors (Lipinski definition) is 6. The highest BCUT2D eigenvalue weighted by atomic mass is 19.1. The highest BCUT2D eigenvalue weighted by Gasteiger charge is 2.59. The van der Waals surface area contributed by atoms with Crippen LogP contribution < -0.4 is 15.2 Å². The minimum Gasteiger partial charge on any atom is -0.494 e. The maximum absolute atomic E-state index is 14.3. The predicted octanol–water partition coefficient (Wildman–Crippen LogP) is 3.37. The maximum atomic E-state index is 14.3. The molecular formula is C27H30FN5O3. The van der Waals surface area contributed by atoms with Gasteiger partial charge in [0, 0.05) is 68.5 Å². The van der Waals surface area contributed by atoms with Gasteiger partial charge in [-0.3, -0.25) is 19.1 Å². The lowest BCUT2D eigenvalue weighted by Crippen LogP contribution is -2.38. The summed E-state index contributed by atoms with van der Waals surface area (Å²) in [5, 5.41) is 0. The predicted molar refractivity (Wildman–Crippen MR) is 135 cm³/mol. The molecule has 1 saturated heterocycles. The average Bonchev–Trinajstić information content (AvgIpc) is 3.38. The number of halogens is 1. The molecule has 2 fully saturated rings. The van der Waals surface area contributed by atoms with Crippen LogP contribution >= 0.6 is 0 Å². The van der Waals surface area contributed by atoms with E-state index in [1.165, 1.54) is 22.9 Å². The number of likely N-dealkylation sites (tertiary alicyclic amines) is 1. The number of ether oxygens (including phenoxy) is 1. The molecule has 2 aliphatic rings. The normalized spacial score (nSPS) is 20.2. The summed E-state index contributed by atoms with van der Waals surface area (Å²) in [6.07, 6.45) is 4.67. The van der Waals surface area contributed by atoms with Crippen molar-refractivity contribution in [3.8, 4) is 17.0 Å². The monoisotopic (exact) mass is 491 g/mol. The molecule has 1 aliphatic carbocycles. The molecule has 1 amide bonds. The van der Waals surface area contributed by atoms with Crippen LogP contribution in [0.2, 0.25) is 0 Å². The minimum atomic E-state index is -0.523. The van der Waals surface area contributed by atoms with E-state index in [0.29, 0.717) is 43.0 Å². The third-order valence-electron chi connectivity index (χ3n) is 7.23. The summed E-state index contributed by atoms with van der Waals surface area (Å²) in [6, 6.07) is 10.4. The molecule has 1 saturated carbocycles. The van der Waals surface area contributed by atoms with Gasteiger partial charge in [0.05, 0.1) is 18.5 Å². The number of carbonyl (C=O) groups excluding carboxylic acids is 1. The van der Waals surface area contributed by atoms with Gasteiger partial charge >= 0.3 is 0 Å². The number of rotatable bonds is 8. The number of piperidine rings is 1. The van der Waals surface area contributed by atoms with Crippen LogP contribution in [0.3, 0.4) is 0 Å². The van der Waals surface area contributed by atoms with E-state index < -0.39 is 5.82 Å². The fourth-order valence-electron chi connectivity index (χ4n) is 5.14. The summed E-state index contributed by atoms with van der Waals surface area (Å²) < 4.78 is 21.4. The van der Waals surface area contributed by atoms with Crippen molar-refractivity contribution in [2.24, 2.45) is 18.9 Å². The summed E-state index contributed by atoms with van der Waals surface area (Å²) in [5.41, 5.74) is 0.916. The van der Waals surface area contributed by atoms with Crippen molar-refractivity contribution in [3.05, 3.63) is 70.5 Å². The molecular weight excluding hydrogens is 461 g/mol. The van der Waals surface area contributed by atoms with Crippen LogP contribution in [-0.4, -0.2) is 58.1 Å². The fraction of sp³-hybridized carbons (Fsp3) is 0.407. The first-order chi connectivity index (χ1) is 17.4. The lowest BCUT2D eigenvalue weighted by molar-refractivity contribution is 0.0772. The molecule has 1 aliphatic heterocycles. The molecule has 9 heteroatoms. The summed E-state index contributed by atoms with van der Waals surface area (Å²) in [4.78, 5) is 37.9. The van der Waals surface area contributed by atoms with Crippen molar-refractivity contribution in [1.82, 2.24) is 19.4 Å². The van der Waals surface area contributed by atoms with Crippen molar-refractivity contribution in [3.63, 3.8) is 0 Å². The molecule has 8 nitrogen and oxygen atoms in total. The van der Waals surface area contributed by atoms with Gasteiger partial charge in [-0.2, -0.15) is 0 Å². The average molecular weight is 492 g/mol. The largest absolute Gasteiger partial charge is 0.494 e. The second-order valence-electron chi connectivity index (χ2n) is 9.56. The SMILES string of the molecule is CCCCOc1ccc(C(=O)N2C[C@@H]3[C@H](C2)[C@@H]3N(C)c2nc(-c3ccncc3F)cc(=O)n2C)cc1. The zero-order valence-corrected chi connectivity index (χ0v) is 20.7. The van der Waals surface area contributed by atoms with Crippen LogP contribution in [0.1, 0.15) is 30.1 Å². The Bertz CT molecular complexity index is 1310. The first kappa shape index (κ1) is 24.0. The molecule has 1 aromatic carbocycles. The Morgan fingerprint density at radius 3 is 2.58 bits per heavy atom. The van der Waals surface area contributed by atoms with Gasteiger partial charge in [0.15, 0.2) is 5.82 Å². The summed E-state index contributed by atoms with van der Waals surface area (Å²) in [5.74, 6) is 1.35. The maximum Gasteiger partial charge on any atom is 0.255 e. The third kappa shape index (κ3) is 4.45. The number of hydrogen-bond donors (Lipinski definition) is 0. The van der Waals surface area contributed by atoms with Crippen LogP contribution in [0.15, 0.2) is 53.6 Å². The lowest BCUT2D eigenvalue weighted by Gasteiger charge is -2.26. The topological polar surface area (TPSA) is 80.6 Å². The molecule has 3 aromatic rings. The first-order valence-corrected chi connectivity index (χ1v) is 12.3. The second kappa shape index (κ2) is 9.72. The molecule has 0 radical (unpaired) electrons. The van der Waals surface area contributed by atoms with Crippen molar-refractivity contribution < 1.29 is 13.9 Å². The van der Waals surface area contributed by atoms with Crippen LogP contribution in [0.4, 0.5) is 10.3 Å². The quantitative estimate of drug-likeness (QED) is 0.450. The number of aromatic nitrogens is 3. The molecule has 2 aromatic heterocycles. The van der Waals surface area contributed by atoms with E-state index in [1.54, 1.807) is 7.05 Å².